The molecule has 2 aromatic carbocycles. The SMILES string of the molecule is N#Cc1ccccc1N=Nc1ccc(N2CCCC2)cc1. The van der Waals surface area contributed by atoms with Crippen LogP contribution in [0.5, 0.6) is 0 Å². The van der Waals surface area contributed by atoms with E-state index in [1.54, 1.807) is 12.1 Å². The molecule has 1 heterocycles. The third-order valence-electron chi connectivity index (χ3n) is 3.62. The van der Waals surface area contributed by atoms with Crippen molar-refractivity contribution >= 4 is 17.1 Å². The lowest BCUT2D eigenvalue weighted by Gasteiger charge is -2.17. The van der Waals surface area contributed by atoms with Gasteiger partial charge in [-0.1, -0.05) is 12.1 Å². The summed E-state index contributed by atoms with van der Waals surface area (Å²) in [7, 11) is 0. The van der Waals surface area contributed by atoms with E-state index in [0.717, 1.165) is 18.8 Å². The van der Waals surface area contributed by atoms with Crippen LogP contribution in [-0.4, -0.2) is 13.1 Å². The fraction of sp³-hybridized carbons (Fsp3) is 0.235. The molecule has 1 aliphatic heterocycles. The number of anilines is 1. The van der Waals surface area contributed by atoms with Gasteiger partial charge in [-0.2, -0.15) is 10.4 Å². The third-order valence-corrected chi connectivity index (χ3v) is 3.62. The average molecular weight is 276 g/mol. The molecule has 1 fully saturated rings. The van der Waals surface area contributed by atoms with Gasteiger partial charge in [0, 0.05) is 18.8 Å². The Balaban J connectivity index is 1.75. The molecule has 3 rings (SSSR count). The Bertz CT molecular complexity index is 677. The predicted molar refractivity (Wildman–Crippen MR) is 83.2 cm³/mol. The lowest BCUT2D eigenvalue weighted by Crippen LogP contribution is -2.17. The minimum atomic E-state index is 0.537. The molecule has 0 amide bonds. The van der Waals surface area contributed by atoms with Crippen molar-refractivity contribution < 1.29 is 0 Å². The van der Waals surface area contributed by atoms with Crippen molar-refractivity contribution in [3.8, 4) is 6.07 Å². The van der Waals surface area contributed by atoms with Crippen LogP contribution >= 0.6 is 0 Å². The van der Waals surface area contributed by atoms with Gasteiger partial charge in [-0.3, -0.25) is 0 Å². The summed E-state index contributed by atoms with van der Waals surface area (Å²) in [6, 6.07) is 17.4. The Hall–Kier alpha value is -2.67. The van der Waals surface area contributed by atoms with Crippen LogP contribution in [0.4, 0.5) is 17.1 Å². The maximum absolute atomic E-state index is 9.02. The molecular weight excluding hydrogens is 260 g/mol. The fourth-order valence-corrected chi connectivity index (χ4v) is 2.47. The lowest BCUT2D eigenvalue weighted by molar-refractivity contribution is 0.949. The zero-order valence-electron chi connectivity index (χ0n) is 11.7. The summed E-state index contributed by atoms with van der Waals surface area (Å²) < 4.78 is 0. The Kier molecular flexibility index (Phi) is 3.92. The Morgan fingerprint density at radius 1 is 0.905 bits per heavy atom. The maximum Gasteiger partial charge on any atom is 0.103 e. The predicted octanol–water partition coefficient (Wildman–Crippen LogP) is 4.57. The molecule has 1 saturated heterocycles. The van der Waals surface area contributed by atoms with E-state index in [1.807, 2.05) is 24.3 Å². The minimum absolute atomic E-state index is 0.537. The molecule has 0 aromatic heterocycles. The van der Waals surface area contributed by atoms with E-state index >= 15 is 0 Å². The molecule has 4 nitrogen and oxygen atoms in total. The quantitative estimate of drug-likeness (QED) is 0.771. The van der Waals surface area contributed by atoms with Crippen LogP contribution in [0.15, 0.2) is 58.8 Å². The zero-order chi connectivity index (χ0) is 14.5. The van der Waals surface area contributed by atoms with Crippen LogP contribution < -0.4 is 4.90 Å². The van der Waals surface area contributed by atoms with Crippen molar-refractivity contribution in [3.63, 3.8) is 0 Å². The number of benzene rings is 2. The molecule has 21 heavy (non-hydrogen) atoms. The molecule has 0 spiro atoms. The van der Waals surface area contributed by atoms with Crippen molar-refractivity contribution in [2.45, 2.75) is 12.8 Å². The van der Waals surface area contributed by atoms with Crippen LogP contribution in [0.2, 0.25) is 0 Å². The molecule has 104 valence electrons. The highest BCUT2D eigenvalue weighted by Gasteiger charge is 2.11. The van der Waals surface area contributed by atoms with Gasteiger partial charge in [0.15, 0.2) is 0 Å². The largest absolute Gasteiger partial charge is 0.372 e. The van der Waals surface area contributed by atoms with Gasteiger partial charge < -0.3 is 4.90 Å². The van der Waals surface area contributed by atoms with Gasteiger partial charge in [0.05, 0.1) is 11.3 Å². The first-order valence-corrected chi connectivity index (χ1v) is 7.13. The zero-order valence-corrected chi connectivity index (χ0v) is 11.7. The van der Waals surface area contributed by atoms with Crippen molar-refractivity contribution in [2.24, 2.45) is 10.2 Å². The molecule has 1 aliphatic rings. The summed E-state index contributed by atoms with van der Waals surface area (Å²) in [4.78, 5) is 2.38. The first-order chi connectivity index (χ1) is 10.4. The second-order valence-corrected chi connectivity index (χ2v) is 5.04. The second-order valence-electron chi connectivity index (χ2n) is 5.04. The maximum atomic E-state index is 9.02. The van der Waals surface area contributed by atoms with E-state index in [1.165, 1.54) is 18.5 Å². The third kappa shape index (κ3) is 3.09. The highest BCUT2D eigenvalue weighted by Crippen LogP contribution is 2.25. The highest BCUT2D eigenvalue weighted by atomic mass is 15.1. The lowest BCUT2D eigenvalue weighted by atomic mass is 10.2. The number of hydrogen-bond acceptors (Lipinski definition) is 4. The molecule has 2 aromatic rings. The fourth-order valence-electron chi connectivity index (χ4n) is 2.47. The van der Waals surface area contributed by atoms with E-state index in [-0.39, 0.29) is 0 Å². The summed E-state index contributed by atoms with van der Waals surface area (Å²) in [6.07, 6.45) is 2.54. The first-order valence-electron chi connectivity index (χ1n) is 7.13. The first kappa shape index (κ1) is 13.3. The van der Waals surface area contributed by atoms with Crippen molar-refractivity contribution in [2.75, 3.05) is 18.0 Å². The highest BCUT2D eigenvalue weighted by molar-refractivity contribution is 5.55. The normalized spacial score (nSPS) is 14.5. The summed E-state index contributed by atoms with van der Waals surface area (Å²) in [5.74, 6) is 0. The topological polar surface area (TPSA) is 51.8 Å². The molecule has 0 atom stereocenters. The standard InChI is InChI=1S/C17H16N4/c18-13-14-5-1-2-6-17(14)20-19-15-7-9-16(10-8-15)21-11-3-4-12-21/h1-2,5-10H,3-4,11-12H2. The average Bonchev–Trinajstić information content (AvgIpc) is 3.08. The van der Waals surface area contributed by atoms with E-state index in [9.17, 15) is 0 Å². The van der Waals surface area contributed by atoms with Crippen molar-refractivity contribution in [1.82, 2.24) is 0 Å². The van der Waals surface area contributed by atoms with E-state index in [2.05, 4.69) is 33.3 Å². The number of hydrogen-bond donors (Lipinski definition) is 0. The van der Waals surface area contributed by atoms with E-state index in [0.29, 0.717) is 11.3 Å². The van der Waals surface area contributed by atoms with Gasteiger partial charge in [-0.15, -0.1) is 5.11 Å². The summed E-state index contributed by atoms with van der Waals surface area (Å²) in [5.41, 5.74) is 3.17. The number of azo groups is 1. The number of nitriles is 1. The minimum Gasteiger partial charge on any atom is -0.372 e. The van der Waals surface area contributed by atoms with E-state index < -0.39 is 0 Å². The van der Waals surface area contributed by atoms with Gasteiger partial charge >= 0.3 is 0 Å². The molecule has 4 heteroatoms. The monoisotopic (exact) mass is 276 g/mol. The second kappa shape index (κ2) is 6.19. The Labute approximate surface area is 124 Å². The van der Waals surface area contributed by atoms with Crippen molar-refractivity contribution in [1.29, 1.82) is 5.26 Å². The van der Waals surface area contributed by atoms with Crippen LogP contribution in [0.3, 0.4) is 0 Å². The molecular formula is C17H16N4. The number of rotatable bonds is 3. The van der Waals surface area contributed by atoms with Crippen LogP contribution in [0.1, 0.15) is 18.4 Å². The van der Waals surface area contributed by atoms with Gasteiger partial charge in [0.25, 0.3) is 0 Å². The summed E-state index contributed by atoms with van der Waals surface area (Å²) >= 11 is 0. The molecule has 0 radical (unpaired) electrons. The molecule has 0 bridgehead atoms. The van der Waals surface area contributed by atoms with Gasteiger partial charge in [0.2, 0.25) is 0 Å². The smallest absolute Gasteiger partial charge is 0.103 e. The molecule has 0 aliphatic carbocycles. The molecule has 0 saturated carbocycles. The van der Waals surface area contributed by atoms with E-state index in [4.69, 9.17) is 5.26 Å². The number of nitrogens with zero attached hydrogens (tertiary/aromatic N) is 4. The molecule has 0 N–H and O–H groups in total. The molecule has 0 unspecified atom stereocenters. The van der Waals surface area contributed by atoms with Crippen LogP contribution in [0, 0.1) is 11.3 Å². The van der Waals surface area contributed by atoms with Gasteiger partial charge in [0.1, 0.15) is 11.8 Å². The van der Waals surface area contributed by atoms with Crippen molar-refractivity contribution in [3.05, 3.63) is 54.1 Å². The van der Waals surface area contributed by atoms with Gasteiger partial charge in [-0.25, -0.2) is 0 Å². The summed E-state index contributed by atoms with van der Waals surface area (Å²) in [5, 5.41) is 17.4. The van der Waals surface area contributed by atoms with Crippen LogP contribution in [0.25, 0.3) is 0 Å². The van der Waals surface area contributed by atoms with Crippen LogP contribution in [-0.2, 0) is 0 Å². The van der Waals surface area contributed by atoms with Gasteiger partial charge in [-0.05, 0) is 49.2 Å². The Morgan fingerprint density at radius 2 is 1.62 bits per heavy atom. The Morgan fingerprint density at radius 3 is 2.33 bits per heavy atom. The summed E-state index contributed by atoms with van der Waals surface area (Å²) in [6.45, 7) is 2.27.